The number of benzene rings is 2. The van der Waals surface area contributed by atoms with Gasteiger partial charge in [-0.2, -0.15) is 0 Å². The Hall–Kier alpha value is -3.93. The summed E-state index contributed by atoms with van der Waals surface area (Å²) in [7, 11) is 0. The molecule has 6 heteroatoms. The minimum absolute atomic E-state index is 0.0390. The largest absolute Gasteiger partial charge is 0.507 e. The number of ether oxygens (including phenoxy) is 1. The molecule has 1 aliphatic rings. The highest BCUT2D eigenvalue weighted by Crippen LogP contribution is 2.42. The van der Waals surface area contributed by atoms with Gasteiger partial charge in [0, 0.05) is 23.6 Å². The predicted molar refractivity (Wildman–Crippen MR) is 127 cm³/mol. The Labute approximate surface area is 193 Å². The molecule has 0 spiro atoms. The number of aliphatic hydroxyl groups excluding tert-OH is 1. The number of hydrogen-bond acceptors (Lipinski definition) is 5. The molecule has 1 atom stereocenters. The lowest BCUT2D eigenvalue weighted by Crippen LogP contribution is -2.29. The number of ketones is 1. The molecule has 1 amide bonds. The number of aryl methyl sites for hydroxylation is 2. The van der Waals surface area contributed by atoms with E-state index in [9.17, 15) is 14.7 Å². The van der Waals surface area contributed by atoms with Crippen LogP contribution in [0.25, 0.3) is 5.76 Å². The molecule has 2 heterocycles. The van der Waals surface area contributed by atoms with Crippen LogP contribution in [0.4, 0.5) is 5.69 Å². The van der Waals surface area contributed by atoms with E-state index in [2.05, 4.69) is 4.98 Å². The monoisotopic (exact) mass is 442 g/mol. The molecule has 0 aliphatic carbocycles. The molecule has 33 heavy (non-hydrogen) atoms. The van der Waals surface area contributed by atoms with Crippen LogP contribution in [-0.2, 0) is 9.59 Å². The highest BCUT2D eigenvalue weighted by molar-refractivity contribution is 6.51. The number of nitrogens with zero attached hydrogens (tertiary/aromatic N) is 2. The van der Waals surface area contributed by atoms with Gasteiger partial charge in [0.05, 0.1) is 18.2 Å². The van der Waals surface area contributed by atoms with Crippen LogP contribution in [0.15, 0.2) is 72.6 Å². The van der Waals surface area contributed by atoms with Gasteiger partial charge in [0.25, 0.3) is 11.7 Å². The van der Waals surface area contributed by atoms with Gasteiger partial charge in [0.2, 0.25) is 0 Å². The molecule has 1 fully saturated rings. The van der Waals surface area contributed by atoms with Gasteiger partial charge < -0.3 is 9.84 Å². The summed E-state index contributed by atoms with van der Waals surface area (Å²) in [6.07, 6.45) is 4.06. The number of aliphatic hydroxyl groups is 1. The maximum atomic E-state index is 13.2. The van der Waals surface area contributed by atoms with Crippen molar-refractivity contribution in [1.29, 1.82) is 0 Å². The third-order valence-corrected chi connectivity index (χ3v) is 5.82. The maximum absolute atomic E-state index is 13.2. The Balaban J connectivity index is 1.88. The molecule has 0 bridgehead atoms. The molecule has 3 aromatic rings. The van der Waals surface area contributed by atoms with Crippen molar-refractivity contribution in [3.8, 4) is 5.75 Å². The number of Topliss-reactive ketones (excluding diaryl/α,β-unsaturated/α-hetero) is 1. The Kier molecular flexibility index (Phi) is 6.27. The van der Waals surface area contributed by atoms with Crippen LogP contribution in [0.1, 0.15) is 41.6 Å². The van der Waals surface area contributed by atoms with Crippen molar-refractivity contribution in [2.24, 2.45) is 0 Å². The van der Waals surface area contributed by atoms with Gasteiger partial charge in [-0.25, -0.2) is 0 Å². The van der Waals surface area contributed by atoms with Crippen LogP contribution < -0.4 is 9.64 Å². The smallest absolute Gasteiger partial charge is 0.300 e. The van der Waals surface area contributed by atoms with Crippen molar-refractivity contribution >= 4 is 23.1 Å². The first-order valence-electron chi connectivity index (χ1n) is 10.9. The van der Waals surface area contributed by atoms with Gasteiger partial charge in [-0.3, -0.25) is 19.5 Å². The van der Waals surface area contributed by atoms with Gasteiger partial charge in [0.15, 0.2) is 0 Å². The number of amides is 1. The van der Waals surface area contributed by atoms with E-state index in [0.29, 0.717) is 29.2 Å². The molecule has 4 rings (SSSR count). The first-order valence-corrected chi connectivity index (χ1v) is 10.9. The zero-order valence-corrected chi connectivity index (χ0v) is 18.9. The standard InChI is InChI=1S/C27H26N2O4/c1-4-14-33-22-7-5-6-20(16-22)25(30)23-24(19-10-12-28-13-11-19)29(27(32)26(23)31)21-9-8-17(2)18(3)15-21/h5-13,15-16,24,30H,4,14H2,1-3H3/b25-23+. The summed E-state index contributed by atoms with van der Waals surface area (Å²) in [6.45, 7) is 6.49. The predicted octanol–water partition coefficient (Wildman–Crippen LogP) is 5.11. The highest BCUT2D eigenvalue weighted by atomic mass is 16.5. The molecule has 0 radical (unpaired) electrons. The Bertz CT molecular complexity index is 1230. The minimum atomic E-state index is -0.782. The zero-order chi connectivity index (χ0) is 23.5. The molecule has 1 N–H and O–H groups in total. The van der Waals surface area contributed by atoms with Crippen molar-refractivity contribution in [2.75, 3.05) is 11.5 Å². The second kappa shape index (κ2) is 9.28. The van der Waals surface area contributed by atoms with Gasteiger partial charge in [-0.05, 0) is 73.4 Å². The SMILES string of the molecule is CCCOc1cccc(/C(O)=C2\C(=O)C(=O)N(c3ccc(C)c(C)c3)C2c2ccncc2)c1. The van der Waals surface area contributed by atoms with Gasteiger partial charge in [0.1, 0.15) is 11.5 Å². The lowest BCUT2D eigenvalue weighted by Gasteiger charge is -2.26. The van der Waals surface area contributed by atoms with Crippen molar-refractivity contribution in [1.82, 2.24) is 4.98 Å². The van der Waals surface area contributed by atoms with Crippen LogP contribution in [0.2, 0.25) is 0 Å². The number of carbonyl (C=O) groups excluding carboxylic acids is 2. The second-order valence-electron chi connectivity index (χ2n) is 8.09. The summed E-state index contributed by atoms with van der Waals surface area (Å²) < 4.78 is 5.68. The van der Waals surface area contributed by atoms with E-state index >= 15 is 0 Å². The molecular weight excluding hydrogens is 416 g/mol. The van der Waals surface area contributed by atoms with Crippen LogP contribution in [0.5, 0.6) is 5.75 Å². The zero-order valence-electron chi connectivity index (χ0n) is 18.9. The lowest BCUT2D eigenvalue weighted by atomic mass is 9.95. The van der Waals surface area contributed by atoms with Crippen LogP contribution in [0.3, 0.4) is 0 Å². The third-order valence-electron chi connectivity index (χ3n) is 5.82. The molecule has 1 aromatic heterocycles. The fourth-order valence-electron chi connectivity index (χ4n) is 3.94. The molecule has 168 valence electrons. The fraction of sp³-hybridized carbons (Fsp3) is 0.222. The molecule has 6 nitrogen and oxygen atoms in total. The van der Waals surface area contributed by atoms with Crippen molar-refractivity contribution < 1.29 is 19.4 Å². The number of hydrogen-bond donors (Lipinski definition) is 1. The van der Waals surface area contributed by atoms with E-state index in [-0.39, 0.29) is 11.3 Å². The van der Waals surface area contributed by atoms with Crippen molar-refractivity contribution in [3.05, 3.63) is 94.8 Å². The molecule has 1 aliphatic heterocycles. The lowest BCUT2D eigenvalue weighted by molar-refractivity contribution is -0.132. The Morgan fingerprint density at radius 2 is 1.79 bits per heavy atom. The van der Waals surface area contributed by atoms with E-state index in [1.807, 2.05) is 39.0 Å². The molecule has 2 aromatic carbocycles. The van der Waals surface area contributed by atoms with Crippen LogP contribution in [-0.4, -0.2) is 28.4 Å². The van der Waals surface area contributed by atoms with E-state index < -0.39 is 17.7 Å². The number of aromatic nitrogens is 1. The van der Waals surface area contributed by atoms with Gasteiger partial charge in [-0.15, -0.1) is 0 Å². The fourth-order valence-corrected chi connectivity index (χ4v) is 3.94. The summed E-state index contributed by atoms with van der Waals surface area (Å²) >= 11 is 0. The third kappa shape index (κ3) is 4.24. The Morgan fingerprint density at radius 1 is 1.03 bits per heavy atom. The topological polar surface area (TPSA) is 79.7 Å². The number of anilines is 1. The molecule has 1 saturated heterocycles. The molecule has 0 saturated carbocycles. The average Bonchev–Trinajstić information content (AvgIpc) is 3.10. The van der Waals surface area contributed by atoms with E-state index in [0.717, 1.165) is 17.5 Å². The molecule has 1 unspecified atom stereocenters. The summed E-state index contributed by atoms with van der Waals surface area (Å²) in [5.41, 5.74) is 3.82. The van der Waals surface area contributed by atoms with E-state index in [1.54, 1.807) is 48.8 Å². The summed E-state index contributed by atoms with van der Waals surface area (Å²) in [5.74, 6) is -1.05. The molecular formula is C27H26N2O4. The number of pyridine rings is 1. The summed E-state index contributed by atoms with van der Waals surface area (Å²) in [6, 6.07) is 15.3. The van der Waals surface area contributed by atoms with Crippen LogP contribution in [0, 0.1) is 13.8 Å². The van der Waals surface area contributed by atoms with Crippen LogP contribution >= 0.6 is 0 Å². The van der Waals surface area contributed by atoms with Crippen molar-refractivity contribution in [3.63, 3.8) is 0 Å². The maximum Gasteiger partial charge on any atom is 0.300 e. The number of rotatable bonds is 6. The quantitative estimate of drug-likeness (QED) is 0.326. The first kappa shape index (κ1) is 22.3. The highest BCUT2D eigenvalue weighted by Gasteiger charge is 2.47. The summed E-state index contributed by atoms with van der Waals surface area (Å²) in [5, 5.41) is 11.3. The van der Waals surface area contributed by atoms with Crippen molar-refractivity contribution in [2.45, 2.75) is 33.2 Å². The van der Waals surface area contributed by atoms with Gasteiger partial charge in [-0.1, -0.05) is 25.1 Å². The minimum Gasteiger partial charge on any atom is -0.507 e. The number of carbonyl (C=O) groups is 2. The first-order chi connectivity index (χ1) is 15.9. The van der Waals surface area contributed by atoms with E-state index in [4.69, 9.17) is 4.74 Å². The normalized spacial score (nSPS) is 17.4. The van der Waals surface area contributed by atoms with Gasteiger partial charge >= 0.3 is 0 Å². The second-order valence-corrected chi connectivity index (χ2v) is 8.09. The summed E-state index contributed by atoms with van der Waals surface area (Å²) in [4.78, 5) is 32.0. The average molecular weight is 443 g/mol. The van der Waals surface area contributed by atoms with E-state index in [1.165, 1.54) is 4.90 Å². The Morgan fingerprint density at radius 3 is 2.48 bits per heavy atom.